The van der Waals surface area contributed by atoms with Crippen LogP contribution in [-0.4, -0.2) is 29.7 Å². The summed E-state index contributed by atoms with van der Waals surface area (Å²) in [7, 11) is 0. The maximum absolute atomic E-state index is 12.6. The molecule has 1 heterocycles. The third-order valence-corrected chi connectivity index (χ3v) is 5.25. The van der Waals surface area contributed by atoms with E-state index in [1.807, 2.05) is 13.8 Å². The number of phenolic OH excluding ortho intramolecular Hbond substituents is 1. The van der Waals surface area contributed by atoms with Crippen LogP contribution in [-0.2, 0) is 4.74 Å². The Bertz CT molecular complexity index is 870. The molecule has 3 rings (SSSR count). The van der Waals surface area contributed by atoms with E-state index in [1.165, 1.54) is 0 Å². The predicted octanol–water partition coefficient (Wildman–Crippen LogP) is 4.42. The van der Waals surface area contributed by atoms with E-state index in [4.69, 9.17) is 14.2 Å². The Morgan fingerprint density at radius 2 is 2.00 bits per heavy atom. The average molecular weight is 499 g/mol. The molecule has 2 aromatic carbocycles. The SMILES string of the molecule is CC(C)(CCO)[C@H](OC(=O)Nc1ccc2c(c1)OCO2)c1cc(I)ccc1O. The van der Waals surface area contributed by atoms with Gasteiger partial charge >= 0.3 is 6.09 Å². The lowest BCUT2D eigenvalue weighted by molar-refractivity contribution is 0.0138. The van der Waals surface area contributed by atoms with Gasteiger partial charge in [-0.3, -0.25) is 5.32 Å². The van der Waals surface area contributed by atoms with Crippen LogP contribution in [0.4, 0.5) is 10.5 Å². The smallest absolute Gasteiger partial charge is 0.412 e. The van der Waals surface area contributed by atoms with Gasteiger partial charge < -0.3 is 24.4 Å². The maximum atomic E-state index is 12.6. The summed E-state index contributed by atoms with van der Waals surface area (Å²) < 4.78 is 17.2. The molecular weight excluding hydrogens is 477 g/mol. The number of hydrogen-bond acceptors (Lipinski definition) is 6. The van der Waals surface area contributed by atoms with E-state index < -0.39 is 17.6 Å². The van der Waals surface area contributed by atoms with Crippen molar-refractivity contribution in [3.8, 4) is 17.2 Å². The minimum Gasteiger partial charge on any atom is -0.508 e. The first-order valence-corrected chi connectivity index (χ1v) is 9.84. The number of halogens is 1. The van der Waals surface area contributed by atoms with E-state index >= 15 is 0 Å². The van der Waals surface area contributed by atoms with Gasteiger partial charge in [0, 0.05) is 32.9 Å². The Kier molecular flexibility index (Phi) is 6.19. The summed E-state index contributed by atoms with van der Waals surface area (Å²) in [6, 6.07) is 10.1. The molecule has 8 heteroatoms. The monoisotopic (exact) mass is 499 g/mol. The highest BCUT2D eigenvalue weighted by molar-refractivity contribution is 14.1. The second-order valence-electron chi connectivity index (χ2n) is 7.14. The number of anilines is 1. The van der Waals surface area contributed by atoms with E-state index in [0.29, 0.717) is 29.2 Å². The molecule has 1 atom stereocenters. The molecule has 150 valence electrons. The van der Waals surface area contributed by atoms with Crippen LogP contribution in [0.2, 0.25) is 0 Å². The summed E-state index contributed by atoms with van der Waals surface area (Å²) in [5, 5.41) is 22.4. The van der Waals surface area contributed by atoms with Crippen LogP contribution in [0.25, 0.3) is 0 Å². The van der Waals surface area contributed by atoms with E-state index in [1.54, 1.807) is 36.4 Å². The Balaban J connectivity index is 1.82. The first-order valence-electron chi connectivity index (χ1n) is 8.77. The Morgan fingerprint density at radius 1 is 1.25 bits per heavy atom. The second kappa shape index (κ2) is 8.44. The molecule has 7 nitrogen and oxygen atoms in total. The van der Waals surface area contributed by atoms with Crippen LogP contribution in [0, 0.1) is 8.99 Å². The fourth-order valence-corrected chi connectivity index (χ4v) is 3.54. The van der Waals surface area contributed by atoms with E-state index in [9.17, 15) is 15.0 Å². The number of carbonyl (C=O) groups excluding carboxylic acids is 1. The summed E-state index contributed by atoms with van der Waals surface area (Å²) in [5.74, 6) is 1.20. The zero-order valence-corrected chi connectivity index (χ0v) is 17.7. The number of aromatic hydroxyl groups is 1. The van der Waals surface area contributed by atoms with Crippen molar-refractivity contribution in [1.29, 1.82) is 0 Å². The van der Waals surface area contributed by atoms with Crippen LogP contribution in [0.5, 0.6) is 17.2 Å². The maximum Gasteiger partial charge on any atom is 0.412 e. The average Bonchev–Trinajstić information content (AvgIpc) is 3.09. The van der Waals surface area contributed by atoms with Crippen LogP contribution in [0.1, 0.15) is 31.9 Å². The van der Waals surface area contributed by atoms with E-state index in [-0.39, 0.29) is 19.1 Å². The Labute approximate surface area is 176 Å². The highest BCUT2D eigenvalue weighted by Crippen LogP contribution is 2.43. The molecule has 0 saturated heterocycles. The van der Waals surface area contributed by atoms with Crippen molar-refractivity contribution >= 4 is 34.4 Å². The summed E-state index contributed by atoms with van der Waals surface area (Å²) in [6.07, 6.45) is -1.05. The lowest BCUT2D eigenvalue weighted by Gasteiger charge is -2.34. The molecule has 0 aromatic heterocycles. The van der Waals surface area contributed by atoms with Gasteiger partial charge in [-0.2, -0.15) is 0 Å². The molecule has 1 aliphatic rings. The van der Waals surface area contributed by atoms with Gasteiger partial charge in [-0.15, -0.1) is 0 Å². The second-order valence-corrected chi connectivity index (χ2v) is 8.39. The first kappa shape index (κ1) is 20.5. The lowest BCUT2D eigenvalue weighted by Crippen LogP contribution is -2.30. The van der Waals surface area contributed by atoms with Crippen LogP contribution in [0.3, 0.4) is 0 Å². The van der Waals surface area contributed by atoms with Crippen molar-refractivity contribution < 1.29 is 29.2 Å². The number of fused-ring (bicyclic) bond motifs is 1. The standard InChI is InChI=1S/C20H22INO6/c1-20(2,7-8-23)18(14-9-12(21)3-5-15(14)24)28-19(25)22-13-4-6-16-17(10-13)27-11-26-16/h3-6,9-10,18,23-24H,7-8,11H2,1-2H3,(H,22,25)/t18-/m1/s1. The highest BCUT2D eigenvalue weighted by Gasteiger charge is 2.36. The topological polar surface area (TPSA) is 97.3 Å². The minimum atomic E-state index is -0.761. The van der Waals surface area contributed by atoms with Gasteiger partial charge in [-0.1, -0.05) is 13.8 Å². The molecule has 3 N–H and O–H groups in total. The zero-order chi connectivity index (χ0) is 20.3. The predicted molar refractivity (Wildman–Crippen MR) is 112 cm³/mol. The van der Waals surface area contributed by atoms with Crippen LogP contribution < -0.4 is 14.8 Å². The quantitative estimate of drug-likeness (QED) is 0.510. The number of nitrogens with one attached hydrogen (secondary N) is 1. The number of aliphatic hydroxyl groups is 1. The van der Waals surface area contributed by atoms with Gasteiger partial charge in [0.05, 0.1) is 0 Å². The minimum absolute atomic E-state index is 0.0345. The van der Waals surface area contributed by atoms with Crippen molar-refractivity contribution in [3.63, 3.8) is 0 Å². The molecule has 1 aliphatic heterocycles. The summed E-state index contributed by atoms with van der Waals surface area (Å²) in [4.78, 5) is 12.6. The molecule has 0 aliphatic carbocycles. The van der Waals surface area contributed by atoms with Crippen molar-refractivity contribution in [2.75, 3.05) is 18.7 Å². The Hall–Kier alpha value is -2.20. The zero-order valence-electron chi connectivity index (χ0n) is 15.6. The van der Waals surface area contributed by atoms with Gasteiger partial charge in [0.15, 0.2) is 11.5 Å². The van der Waals surface area contributed by atoms with Crippen molar-refractivity contribution in [3.05, 3.63) is 45.5 Å². The van der Waals surface area contributed by atoms with E-state index in [0.717, 1.165) is 3.57 Å². The third-order valence-electron chi connectivity index (χ3n) is 4.58. The third kappa shape index (κ3) is 4.61. The molecule has 0 bridgehead atoms. The number of rotatable bonds is 6. The molecule has 1 amide bonds. The fourth-order valence-electron chi connectivity index (χ4n) is 3.03. The largest absolute Gasteiger partial charge is 0.508 e. The number of phenols is 1. The van der Waals surface area contributed by atoms with Gasteiger partial charge in [-0.25, -0.2) is 4.79 Å². The molecule has 0 radical (unpaired) electrons. The number of hydrogen-bond donors (Lipinski definition) is 3. The molecule has 2 aromatic rings. The fraction of sp³-hybridized carbons (Fsp3) is 0.350. The highest BCUT2D eigenvalue weighted by atomic mass is 127. The number of aliphatic hydroxyl groups excluding tert-OH is 1. The molecule has 0 saturated carbocycles. The van der Waals surface area contributed by atoms with Crippen molar-refractivity contribution in [2.45, 2.75) is 26.4 Å². The first-order chi connectivity index (χ1) is 13.3. The molecule has 28 heavy (non-hydrogen) atoms. The Morgan fingerprint density at radius 3 is 2.75 bits per heavy atom. The number of carbonyl (C=O) groups is 1. The van der Waals surface area contributed by atoms with Crippen LogP contribution >= 0.6 is 22.6 Å². The molecular formula is C20H22INO6. The van der Waals surface area contributed by atoms with Gasteiger partial charge in [-0.05, 0) is 59.3 Å². The van der Waals surface area contributed by atoms with Crippen LogP contribution in [0.15, 0.2) is 36.4 Å². The normalized spacial score (nSPS) is 13.9. The van der Waals surface area contributed by atoms with Crippen molar-refractivity contribution in [1.82, 2.24) is 0 Å². The van der Waals surface area contributed by atoms with Gasteiger partial charge in [0.2, 0.25) is 6.79 Å². The van der Waals surface area contributed by atoms with Crippen molar-refractivity contribution in [2.24, 2.45) is 5.41 Å². The molecule has 0 unspecified atom stereocenters. The summed E-state index contributed by atoms with van der Waals surface area (Å²) >= 11 is 2.13. The lowest BCUT2D eigenvalue weighted by atomic mass is 9.79. The number of amides is 1. The number of ether oxygens (including phenoxy) is 3. The summed E-state index contributed by atoms with van der Waals surface area (Å²) in [6.45, 7) is 3.83. The number of benzene rings is 2. The van der Waals surface area contributed by atoms with Gasteiger partial charge in [0.1, 0.15) is 11.9 Å². The summed E-state index contributed by atoms with van der Waals surface area (Å²) in [5.41, 5.74) is 0.383. The molecule has 0 spiro atoms. The molecule has 0 fully saturated rings. The van der Waals surface area contributed by atoms with E-state index in [2.05, 4.69) is 27.9 Å². The van der Waals surface area contributed by atoms with Gasteiger partial charge in [0.25, 0.3) is 0 Å².